The van der Waals surface area contributed by atoms with Gasteiger partial charge in [0.2, 0.25) is 0 Å². The molecule has 0 radical (unpaired) electrons. The number of hydrogen-bond donors (Lipinski definition) is 3. The van der Waals surface area contributed by atoms with Crippen LogP contribution >= 0.6 is 0 Å². The third-order valence-corrected chi connectivity index (χ3v) is 2.26. The number of phenolic OH excluding ortho intramolecular Hbond substituents is 1. The Morgan fingerprint density at radius 1 is 1.35 bits per heavy atom. The summed E-state index contributed by atoms with van der Waals surface area (Å²) in [6.45, 7) is 0. The van der Waals surface area contributed by atoms with E-state index in [9.17, 15) is 13.2 Å². The average molecular weight is 261 g/mol. The Morgan fingerprint density at radius 3 is 2.35 bits per heavy atom. The minimum Gasteiger partial charge on any atom is -0.508 e. The smallest absolute Gasteiger partial charge is 0.449 e. The molecule has 0 aromatic heterocycles. The lowest BCUT2D eigenvalue weighted by molar-refractivity contribution is -0.135. The number of phenols is 1. The van der Waals surface area contributed by atoms with Crippen LogP contribution in [-0.4, -0.2) is 30.1 Å². The molecule has 0 fully saturated rings. The summed E-state index contributed by atoms with van der Waals surface area (Å²) in [4.78, 5) is 11.1. The van der Waals surface area contributed by atoms with Gasteiger partial charge in [-0.2, -0.15) is 8.42 Å². The van der Waals surface area contributed by atoms with Crippen LogP contribution in [0.2, 0.25) is 0 Å². The van der Waals surface area contributed by atoms with Crippen molar-refractivity contribution < 1.29 is 27.1 Å². The Morgan fingerprint density at radius 2 is 1.88 bits per heavy atom. The molecule has 0 aliphatic heterocycles. The molecule has 4 N–H and O–H groups in total. The van der Waals surface area contributed by atoms with Crippen molar-refractivity contribution in [3.8, 4) is 5.75 Å². The number of benzene rings is 1. The van der Waals surface area contributed by atoms with Crippen LogP contribution in [0.4, 0.5) is 0 Å². The molecule has 7 nitrogen and oxygen atoms in total. The van der Waals surface area contributed by atoms with Gasteiger partial charge in [-0.25, -0.2) is 4.79 Å². The fraction of sp³-hybridized carbons (Fsp3) is 0.222. The maximum Gasteiger partial charge on any atom is 0.449 e. The molecule has 0 saturated heterocycles. The zero-order valence-electron chi connectivity index (χ0n) is 8.61. The second-order valence-electron chi connectivity index (χ2n) is 3.31. The topological polar surface area (TPSA) is 127 Å². The van der Waals surface area contributed by atoms with E-state index in [2.05, 4.69) is 4.18 Å². The van der Waals surface area contributed by atoms with Gasteiger partial charge < -0.3 is 15.0 Å². The highest BCUT2D eigenvalue weighted by atomic mass is 32.3. The van der Waals surface area contributed by atoms with Crippen LogP contribution in [0.5, 0.6) is 5.75 Å². The largest absolute Gasteiger partial charge is 0.508 e. The molecule has 0 aliphatic rings. The molecule has 0 saturated carbocycles. The van der Waals surface area contributed by atoms with Crippen LogP contribution in [0.15, 0.2) is 24.3 Å². The van der Waals surface area contributed by atoms with Gasteiger partial charge in [-0.1, -0.05) is 12.1 Å². The lowest BCUT2D eigenvalue weighted by atomic mass is 10.1. The van der Waals surface area contributed by atoms with E-state index in [1.54, 1.807) is 0 Å². The second kappa shape index (κ2) is 5.13. The molecule has 1 rings (SSSR count). The highest BCUT2D eigenvalue weighted by Crippen LogP contribution is 2.11. The molecule has 0 bridgehead atoms. The normalized spacial score (nSPS) is 13.1. The van der Waals surface area contributed by atoms with Crippen molar-refractivity contribution in [1.82, 2.24) is 0 Å². The monoisotopic (exact) mass is 261 g/mol. The Hall–Kier alpha value is -1.64. The van der Waals surface area contributed by atoms with Crippen LogP contribution in [0.3, 0.4) is 0 Å². The molecule has 0 spiro atoms. The van der Waals surface area contributed by atoms with E-state index >= 15 is 0 Å². The molecule has 94 valence electrons. The molecule has 1 aromatic carbocycles. The van der Waals surface area contributed by atoms with Gasteiger partial charge in [-0.3, -0.25) is 4.55 Å². The lowest BCUT2D eigenvalue weighted by Gasteiger charge is -2.09. The quantitative estimate of drug-likeness (QED) is 0.630. The van der Waals surface area contributed by atoms with Crippen LogP contribution in [0, 0.1) is 0 Å². The fourth-order valence-corrected chi connectivity index (χ4v) is 1.47. The Bertz CT molecular complexity index is 495. The standard InChI is InChI=1S/C9H11NO6S/c10-8(9(12)16-17(13,14)15)5-6-1-3-7(11)4-2-6/h1-4,8,11H,5,10H2,(H,13,14,15)/t8-/m0/s1. The van der Waals surface area contributed by atoms with Gasteiger partial charge in [0.15, 0.2) is 0 Å². The molecule has 8 heteroatoms. The number of aromatic hydroxyl groups is 1. The van der Waals surface area contributed by atoms with Crippen molar-refractivity contribution in [2.75, 3.05) is 0 Å². The molecule has 0 amide bonds. The van der Waals surface area contributed by atoms with Crippen LogP contribution in [0.1, 0.15) is 5.56 Å². The van der Waals surface area contributed by atoms with Gasteiger partial charge in [0.1, 0.15) is 11.8 Å². The van der Waals surface area contributed by atoms with Gasteiger partial charge in [0.05, 0.1) is 0 Å². The molecule has 0 aliphatic carbocycles. The first-order valence-corrected chi connectivity index (χ1v) is 5.88. The first-order valence-electron chi connectivity index (χ1n) is 4.52. The van der Waals surface area contributed by atoms with Gasteiger partial charge >= 0.3 is 16.4 Å². The third-order valence-electron chi connectivity index (χ3n) is 1.88. The number of carbonyl (C=O) groups excluding carboxylic acids is 1. The number of rotatable bonds is 4. The molecule has 1 aromatic rings. The minimum absolute atomic E-state index is 0.0225. The number of hydrogen-bond acceptors (Lipinski definition) is 6. The average Bonchev–Trinajstić information content (AvgIpc) is 2.19. The van der Waals surface area contributed by atoms with Crippen molar-refractivity contribution in [1.29, 1.82) is 0 Å². The summed E-state index contributed by atoms with van der Waals surface area (Å²) in [5.74, 6) is -1.19. The Balaban J connectivity index is 2.63. The van der Waals surface area contributed by atoms with E-state index in [1.165, 1.54) is 24.3 Å². The van der Waals surface area contributed by atoms with Crippen molar-refractivity contribution in [3.63, 3.8) is 0 Å². The van der Waals surface area contributed by atoms with Crippen molar-refractivity contribution in [3.05, 3.63) is 29.8 Å². The van der Waals surface area contributed by atoms with E-state index in [0.29, 0.717) is 5.56 Å². The lowest BCUT2D eigenvalue weighted by Crippen LogP contribution is -2.35. The maximum absolute atomic E-state index is 11.1. The Labute approximate surface area is 97.8 Å². The number of nitrogens with two attached hydrogens (primary N) is 1. The van der Waals surface area contributed by atoms with Crippen molar-refractivity contribution in [2.45, 2.75) is 12.5 Å². The Kier molecular flexibility index (Phi) is 4.05. The fourth-order valence-electron chi connectivity index (χ4n) is 1.13. The predicted octanol–water partition coefficient (Wildman–Crippen LogP) is -0.392. The second-order valence-corrected chi connectivity index (χ2v) is 4.33. The van der Waals surface area contributed by atoms with Crippen LogP contribution < -0.4 is 5.73 Å². The highest BCUT2D eigenvalue weighted by molar-refractivity contribution is 7.81. The summed E-state index contributed by atoms with van der Waals surface area (Å²) in [5, 5.41) is 9.02. The molecule has 0 heterocycles. The summed E-state index contributed by atoms with van der Waals surface area (Å²) < 4.78 is 32.5. The van der Waals surface area contributed by atoms with Crippen molar-refractivity contribution in [2.24, 2.45) is 5.73 Å². The first-order chi connectivity index (χ1) is 7.78. The van der Waals surface area contributed by atoms with E-state index in [-0.39, 0.29) is 12.2 Å². The van der Waals surface area contributed by atoms with E-state index < -0.39 is 22.4 Å². The first kappa shape index (κ1) is 13.4. The summed E-state index contributed by atoms with van der Waals surface area (Å²) in [5.41, 5.74) is 6.00. The zero-order chi connectivity index (χ0) is 13.1. The van der Waals surface area contributed by atoms with Gasteiger partial charge in [-0.05, 0) is 24.1 Å². The van der Waals surface area contributed by atoms with Crippen molar-refractivity contribution >= 4 is 16.4 Å². The third kappa shape index (κ3) is 4.81. The molecular formula is C9H11NO6S. The van der Waals surface area contributed by atoms with E-state index in [4.69, 9.17) is 15.4 Å². The maximum atomic E-state index is 11.1. The molecule has 1 atom stereocenters. The summed E-state index contributed by atoms with van der Waals surface area (Å²) >= 11 is 0. The van der Waals surface area contributed by atoms with Crippen LogP contribution in [-0.2, 0) is 25.8 Å². The predicted molar refractivity (Wildman–Crippen MR) is 57.4 cm³/mol. The van der Waals surface area contributed by atoms with Gasteiger partial charge in [0, 0.05) is 0 Å². The van der Waals surface area contributed by atoms with Crippen LogP contribution in [0.25, 0.3) is 0 Å². The molecular weight excluding hydrogens is 250 g/mol. The van der Waals surface area contributed by atoms with Gasteiger partial charge in [0.25, 0.3) is 0 Å². The molecule has 17 heavy (non-hydrogen) atoms. The summed E-state index contributed by atoms with van der Waals surface area (Å²) in [7, 11) is -4.84. The highest BCUT2D eigenvalue weighted by Gasteiger charge is 2.21. The number of carbonyl (C=O) groups is 1. The molecule has 0 unspecified atom stereocenters. The van der Waals surface area contributed by atoms with Gasteiger partial charge in [-0.15, -0.1) is 0 Å². The minimum atomic E-state index is -4.84. The van der Waals surface area contributed by atoms with E-state index in [0.717, 1.165) is 0 Å². The SMILES string of the molecule is N[C@@H](Cc1ccc(O)cc1)C(=O)OS(=O)(=O)O. The zero-order valence-corrected chi connectivity index (χ0v) is 9.42. The summed E-state index contributed by atoms with van der Waals surface area (Å²) in [6, 6.07) is 4.62. The summed E-state index contributed by atoms with van der Waals surface area (Å²) in [6.07, 6.45) is 0.0225. The van der Waals surface area contributed by atoms with E-state index in [1.807, 2.05) is 0 Å².